The molecule has 6 heteroatoms. The van der Waals surface area contributed by atoms with Crippen LogP contribution in [0, 0.1) is 0 Å². The summed E-state index contributed by atoms with van der Waals surface area (Å²) in [5.41, 5.74) is 0.352. The standard InChI is InChI=1S/C16H21N5O/c1-21-12-7-14(20-21)18-15(22)16(8-10-17-11-9-16)19-13-5-3-2-4-6-13/h2-7,12,17,19H,8-11H2,1H3,(H,18,20,22). The summed E-state index contributed by atoms with van der Waals surface area (Å²) in [6, 6.07) is 11.7. The second-order valence-corrected chi connectivity index (χ2v) is 5.65. The number of aromatic nitrogens is 2. The van der Waals surface area contributed by atoms with Crippen LogP contribution < -0.4 is 16.0 Å². The van der Waals surface area contributed by atoms with E-state index >= 15 is 0 Å². The maximum Gasteiger partial charge on any atom is 0.251 e. The van der Waals surface area contributed by atoms with Gasteiger partial charge in [-0.05, 0) is 38.1 Å². The Labute approximate surface area is 129 Å². The molecule has 2 aromatic rings. The number of carbonyl (C=O) groups excluding carboxylic acids is 1. The number of benzene rings is 1. The molecule has 1 aromatic heterocycles. The lowest BCUT2D eigenvalue weighted by molar-refractivity contribution is -0.121. The van der Waals surface area contributed by atoms with Crippen LogP contribution >= 0.6 is 0 Å². The smallest absolute Gasteiger partial charge is 0.251 e. The van der Waals surface area contributed by atoms with Gasteiger partial charge in [-0.2, -0.15) is 5.10 Å². The topological polar surface area (TPSA) is 71.0 Å². The first kappa shape index (κ1) is 14.6. The molecule has 1 aliphatic rings. The number of piperidine rings is 1. The molecule has 0 radical (unpaired) electrons. The number of para-hydroxylation sites is 1. The van der Waals surface area contributed by atoms with Crippen molar-refractivity contribution in [2.24, 2.45) is 7.05 Å². The maximum absolute atomic E-state index is 12.9. The summed E-state index contributed by atoms with van der Waals surface area (Å²) in [7, 11) is 1.83. The van der Waals surface area contributed by atoms with Crippen molar-refractivity contribution in [1.82, 2.24) is 15.1 Å². The molecule has 1 saturated heterocycles. The van der Waals surface area contributed by atoms with Crippen LogP contribution in [-0.2, 0) is 11.8 Å². The van der Waals surface area contributed by atoms with E-state index in [4.69, 9.17) is 0 Å². The van der Waals surface area contributed by atoms with Crippen molar-refractivity contribution in [1.29, 1.82) is 0 Å². The Bertz CT molecular complexity index is 631. The lowest BCUT2D eigenvalue weighted by Crippen LogP contribution is -2.55. The Morgan fingerprint density at radius 2 is 1.95 bits per heavy atom. The summed E-state index contributed by atoms with van der Waals surface area (Å²) in [5.74, 6) is 0.553. The molecular weight excluding hydrogens is 278 g/mol. The summed E-state index contributed by atoms with van der Waals surface area (Å²) < 4.78 is 1.68. The van der Waals surface area contributed by atoms with E-state index in [1.807, 2.05) is 43.6 Å². The van der Waals surface area contributed by atoms with Crippen LogP contribution in [0.3, 0.4) is 0 Å². The van der Waals surface area contributed by atoms with Gasteiger partial charge in [0.25, 0.3) is 5.91 Å². The molecular formula is C16H21N5O. The third kappa shape index (κ3) is 3.12. The highest BCUT2D eigenvalue weighted by atomic mass is 16.2. The quantitative estimate of drug-likeness (QED) is 0.802. The highest BCUT2D eigenvalue weighted by Crippen LogP contribution is 2.26. The van der Waals surface area contributed by atoms with Crippen molar-refractivity contribution in [3.63, 3.8) is 0 Å². The Morgan fingerprint density at radius 1 is 1.23 bits per heavy atom. The second-order valence-electron chi connectivity index (χ2n) is 5.65. The van der Waals surface area contributed by atoms with E-state index in [9.17, 15) is 4.79 Å². The Kier molecular flexibility index (Phi) is 4.11. The van der Waals surface area contributed by atoms with Crippen molar-refractivity contribution in [3.05, 3.63) is 42.6 Å². The number of aryl methyl sites for hydroxylation is 1. The molecule has 6 nitrogen and oxygen atoms in total. The number of nitrogens with one attached hydrogen (secondary N) is 3. The van der Waals surface area contributed by atoms with Gasteiger partial charge in [0.05, 0.1) is 0 Å². The van der Waals surface area contributed by atoms with E-state index in [2.05, 4.69) is 21.0 Å². The van der Waals surface area contributed by atoms with E-state index in [0.29, 0.717) is 5.82 Å². The molecule has 0 spiro atoms. The molecule has 2 heterocycles. The summed E-state index contributed by atoms with van der Waals surface area (Å²) in [6.07, 6.45) is 3.29. The summed E-state index contributed by atoms with van der Waals surface area (Å²) in [5, 5.41) is 13.9. The van der Waals surface area contributed by atoms with Gasteiger partial charge in [0.2, 0.25) is 0 Å². The lowest BCUT2D eigenvalue weighted by Gasteiger charge is -2.37. The van der Waals surface area contributed by atoms with Crippen LogP contribution in [0.25, 0.3) is 0 Å². The van der Waals surface area contributed by atoms with Gasteiger partial charge < -0.3 is 16.0 Å². The van der Waals surface area contributed by atoms with Crippen molar-refractivity contribution >= 4 is 17.4 Å². The molecule has 1 aromatic carbocycles. The van der Waals surface area contributed by atoms with Crippen molar-refractivity contribution in [2.45, 2.75) is 18.4 Å². The predicted octanol–water partition coefficient (Wildman–Crippen LogP) is 1.59. The van der Waals surface area contributed by atoms with E-state index in [1.54, 1.807) is 10.7 Å². The van der Waals surface area contributed by atoms with Crippen LogP contribution in [0.5, 0.6) is 0 Å². The third-order valence-corrected chi connectivity index (χ3v) is 4.00. The second kappa shape index (κ2) is 6.19. The third-order valence-electron chi connectivity index (χ3n) is 4.00. The number of rotatable bonds is 4. The number of hydrogen-bond acceptors (Lipinski definition) is 4. The zero-order valence-electron chi connectivity index (χ0n) is 12.7. The van der Waals surface area contributed by atoms with Crippen LogP contribution in [0.2, 0.25) is 0 Å². The number of nitrogens with zero attached hydrogens (tertiary/aromatic N) is 2. The molecule has 0 unspecified atom stereocenters. The van der Waals surface area contributed by atoms with Gasteiger partial charge in [-0.1, -0.05) is 18.2 Å². The molecule has 22 heavy (non-hydrogen) atoms. The Morgan fingerprint density at radius 3 is 2.59 bits per heavy atom. The van der Waals surface area contributed by atoms with E-state index in [1.165, 1.54) is 0 Å². The maximum atomic E-state index is 12.9. The Balaban J connectivity index is 1.80. The molecule has 0 bridgehead atoms. The average Bonchev–Trinajstić information content (AvgIpc) is 2.94. The minimum atomic E-state index is -0.607. The first-order valence-corrected chi connectivity index (χ1v) is 7.53. The fraction of sp³-hybridized carbons (Fsp3) is 0.375. The van der Waals surface area contributed by atoms with E-state index < -0.39 is 5.54 Å². The van der Waals surface area contributed by atoms with Gasteiger partial charge in [-0.15, -0.1) is 0 Å². The average molecular weight is 299 g/mol. The number of amides is 1. The number of anilines is 2. The molecule has 0 saturated carbocycles. The van der Waals surface area contributed by atoms with E-state index in [-0.39, 0.29) is 5.91 Å². The highest BCUT2D eigenvalue weighted by molar-refractivity contribution is 5.99. The molecule has 116 valence electrons. The van der Waals surface area contributed by atoms with Crippen LogP contribution in [0.15, 0.2) is 42.6 Å². The first-order chi connectivity index (χ1) is 10.7. The normalized spacial score (nSPS) is 17.0. The highest BCUT2D eigenvalue weighted by Gasteiger charge is 2.39. The van der Waals surface area contributed by atoms with E-state index in [0.717, 1.165) is 31.6 Å². The number of hydrogen-bond donors (Lipinski definition) is 3. The van der Waals surface area contributed by atoms with Crippen molar-refractivity contribution in [2.75, 3.05) is 23.7 Å². The summed E-state index contributed by atoms with van der Waals surface area (Å²) >= 11 is 0. The predicted molar refractivity (Wildman–Crippen MR) is 86.7 cm³/mol. The van der Waals surface area contributed by atoms with Crippen LogP contribution in [0.4, 0.5) is 11.5 Å². The Hall–Kier alpha value is -2.34. The molecule has 3 N–H and O–H groups in total. The fourth-order valence-corrected chi connectivity index (χ4v) is 2.78. The molecule has 1 fully saturated rings. The van der Waals surface area contributed by atoms with Gasteiger partial charge in [0, 0.05) is 25.0 Å². The number of carbonyl (C=O) groups is 1. The van der Waals surface area contributed by atoms with Crippen LogP contribution in [-0.4, -0.2) is 34.3 Å². The van der Waals surface area contributed by atoms with Gasteiger partial charge >= 0.3 is 0 Å². The SMILES string of the molecule is Cn1ccc(NC(=O)C2(Nc3ccccc3)CCNCC2)n1. The summed E-state index contributed by atoms with van der Waals surface area (Å²) in [6.45, 7) is 1.63. The zero-order chi connectivity index (χ0) is 15.4. The molecule has 1 aliphatic heterocycles. The minimum Gasteiger partial charge on any atom is -0.371 e. The monoisotopic (exact) mass is 299 g/mol. The van der Waals surface area contributed by atoms with Crippen molar-refractivity contribution < 1.29 is 4.79 Å². The first-order valence-electron chi connectivity index (χ1n) is 7.53. The van der Waals surface area contributed by atoms with Gasteiger partial charge in [0.1, 0.15) is 5.54 Å². The molecule has 3 rings (SSSR count). The van der Waals surface area contributed by atoms with Crippen molar-refractivity contribution in [3.8, 4) is 0 Å². The van der Waals surface area contributed by atoms with Gasteiger partial charge in [-0.25, -0.2) is 0 Å². The largest absolute Gasteiger partial charge is 0.371 e. The van der Waals surface area contributed by atoms with Gasteiger partial charge in [-0.3, -0.25) is 9.48 Å². The molecule has 0 atom stereocenters. The molecule has 1 amide bonds. The van der Waals surface area contributed by atoms with Crippen LogP contribution in [0.1, 0.15) is 12.8 Å². The fourth-order valence-electron chi connectivity index (χ4n) is 2.78. The zero-order valence-corrected chi connectivity index (χ0v) is 12.7. The molecule has 0 aliphatic carbocycles. The minimum absolute atomic E-state index is 0.0310. The summed E-state index contributed by atoms with van der Waals surface area (Å²) in [4.78, 5) is 12.9. The van der Waals surface area contributed by atoms with Gasteiger partial charge in [0.15, 0.2) is 5.82 Å². The lowest BCUT2D eigenvalue weighted by atomic mass is 9.87.